The number of hydrogen-bond donors (Lipinski definition) is 1. The largest absolute Gasteiger partial charge is 0.487 e. The normalized spacial score (nSPS) is 15.6. The maximum atomic E-state index is 14.5. The maximum Gasteiger partial charge on any atom is 0.306 e. The van der Waals surface area contributed by atoms with Gasteiger partial charge < -0.3 is 25.0 Å². The molecule has 0 unspecified atom stereocenters. The van der Waals surface area contributed by atoms with Crippen LogP contribution in [0.25, 0.3) is 0 Å². The Hall–Kier alpha value is -4.63. The lowest BCUT2D eigenvalue weighted by Gasteiger charge is -2.33. The number of pyridine rings is 1. The molecule has 0 aliphatic carbocycles. The first kappa shape index (κ1) is 33.7. The smallest absolute Gasteiger partial charge is 0.306 e. The first-order valence-electron chi connectivity index (χ1n) is 15.5. The van der Waals surface area contributed by atoms with Gasteiger partial charge in [-0.15, -0.1) is 11.8 Å². The summed E-state index contributed by atoms with van der Waals surface area (Å²) < 4.78 is 25.9. The molecular formula is C35H38FN5O5S. The van der Waals surface area contributed by atoms with E-state index in [2.05, 4.69) is 4.98 Å². The van der Waals surface area contributed by atoms with Gasteiger partial charge in [0.1, 0.15) is 29.8 Å². The Labute approximate surface area is 278 Å². The fraction of sp³-hybridized carbons (Fsp3) is 0.400. The lowest BCUT2D eigenvalue weighted by atomic mass is 10.1. The van der Waals surface area contributed by atoms with Gasteiger partial charge in [0.25, 0.3) is 5.91 Å². The van der Waals surface area contributed by atoms with Gasteiger partial charge in [-0.1, -0.05) is 6.07 Å². The number of anilines is 1. The van der Waals surface area contributed by atoms with E-state index >= 15 is 0 Å². The summed E-state index contributed by atoms with van der Waals surface area (Å²) in [7, 11) is 0. The Morgan fingerprint density at radius 1 is 1.17 bits per heavy atom. The number of primary amides is 1. The number of rotatable bonds is 11. The molecule has 2 aliphatic heterocycles. The van der Waals surface area contributed by atoms with E-state index < -0.39 is 23.5 Å². The second-order valence-corrected chi connectivity index (χ2v) is 14.0. The molecule has 1 saturated heterocycles. The summed E-state index contributed by atoms with van der Waals surface area (Å²) in [5.41, 5.74) is 7.65. The van der Waals surface area contributed by atoms with Crippen molar-refractivity contribution in [2.45, 2.75) is 81.4 Å². The summed E-state index contributed by atoms with van der Waals surface area (Å²) in [5, 5.41) is 9.36. The Morgan fingerprint density at radius 3 is 2.57 bits per heavy atom. The average Bonchev–Trinajstić information content (AvgIpc) is 3.36. The van der Waals surface area contributed by atoms with Crippen LogP contribution in [0.2, 0.25) is 0 Å². The van der Waals surface area contributed by atoms with Crippen LogP contribution in [-0.4, -0.2) is 57.6 Å². The minimum Gasteiger partial charge on any atom is -0.487 e. The summed E-state index contributed by atoms with van der Waals surface area (Å²) in [4.78, 5) is 46.9. The molecule has 0 spiro atoms. The Kier molecular flexibility index (Phi) is 10.3. The molecule has 10 nitrogen and oxygen atoms in total. The Morgan fingerprint density at radius 2 is 1.94 bits per heavy atom. The minimum absolute atomic E-state index is 0.0495. The maximum absolute atomic E-state index is 14.5. The van der Waals surface area contributed by atoms with E-state index in [-0.39, 0.29) is 37.7 Å². The molecule has 0 saturated carbocycles. The molecule has 1 fully saturated rings. The van der Waals surface area contributed by atoms with Crippen molar-refractivity contribution in [3.8, 4) is 11.8 Å². The molecule has 47 heavy (non-hydrogen) atoms. The number of hydrogen-bond acceptors (Lipinski definition) is 9. The molecule has 12 heteroatoms. The molecule has 3 heterocycles. The summed E-state index contributed by atoms with van der Waals surface area (Å²) >= 11 is 1.75. The van der Waals surface area contributed by atoms with Crippen LogP contribution in [0.3, 0.4) is 0 Å². The van der Waals surface area contributed by atoms with Crippen molar-refractivity contribution in [1.29, 1.82) is 5.26 Å². The molecule has 2 aromatic carbocycles. The fourth-order valence-corrected chi connectivity index (χ4v) is 6.86. The van der Waals surface area contributed by atoms with E-state index in [4.69, 9.17) is 20.5 Å². The lowest BCUT2D eigenvalue weighted by molar-refractivity contribution is -0.155. The summed E-state index contributed by atoms with van der Waals surface area (Å²) in [6.45, 7) is 7.05. The number of halogens is 1. The number of ether oxygens (including phenoxy) is 2. The molecule has 0 bridgehead atoms. The second-order valence-electron chi connectivity index (χ2n) is 12.6. The van der Waals surface area contributed by atoms with Gasteiger partial charge in [0.2, 0.25) is 5.91 Å². The third kappa shape index (κ3) is 8.40. The number of thioether (sulfide) groups is 1. The van der Waals surface area contributed by atoms with Crippen molar-refractivity contribution in [2.24, 2.45) is 5.73 Å². The molecular weight excluding hydrogens is 621 g/mol. The van der Waals surface area contributed by atoms with Crippen LogP contribution in [0.4, 0.5) is 10.1 Å². The van der Waals surface area contributed by atoms with E-state index in [1.807, 2.05) is 29.3 Å². The van der Waals surface area contributed by atoms with Crippen LogP contribution in [-0.2, 0) is 27.5 Å². The highest BCUT2D eigenvalue weighted by atomic mass is 32.2. The zero-order valence-electron chi connectivity index (χ0n) is 26.7. The number of benzene rings is 2. The Balaban J connectivity index is 1.14. The Bertz CT molecular complexity index is 1680. The predicted octanol–water partition coefficient (Wildman–Crippen LogP) is 5.36. The molecule has 2 aliphatic rings. The SMILES string of the molecule is CC(C)(C)OC(=O)CC[C@@H](C(N)=O)N1Cc2c(OCc3ccc(SC4CCN(c5ccc(C#N)cc5F)CC4)cn3)cccc2C1=O. The molecule has 2 amide bonds. The van der Waals surface area contributed by atoms with E-state index in [1.165, 1.54) is 11.0 Å². The summed E-state index contributed by atoms with van der Waals surface area (Å²) in [6, 6.07) is 14.7. The monoisotopic (exact) mass is 659 g/mol. The van der Waals surface area contributed by atoms with Gasteiger partial charge in [-0.3, -0.25) is 19.4 Å². The highest BCUT2D eigenvalue weighted by Gasteiger charge is 2.37. The number of piperidine rings is 1. The third-order valence-electron chi connectivity index (χ3n) is 8.03. The van der Waals surface area contributed by atoms with E-state index in [0.717, 1.165) is 30.8 Å². The number of nitriles is 1. The highest BCUT2D eigenvalue weighted by Crippen LogP contribution is 2.35. The standard InChI is InChI=1S/C35H38FN5O5S/c1-35(2,3)46-32(42)12-11-30(33(38)43)41-20-27-26(34(41)44)5-4-6-31(27)45-21-23-8-9-25(19-39-23)47-24-13-15-40(16-14-24)29-10-7-22(18-37)17-28(29)36/h4-10,17,19,24,30H,11-16,20-21H2,1-3H3,(H2,38,43)/t30-/m0/s1. The number of nitrogens with zero attached hydrogens (tertiary/aromatic N) is 4. The third-order valence-corrected chi connectivity index (χ3v) is 9.35. The van der Waals surface area contributed by atoms with Gasteiger partial charge in [0, 0.05) is 47.0 Å². The van der Waals surface area contributed by atoms with Crippen LogP contribution in [0.5, 0.6) is 5.75 Å². The molecule has 5 rings (SSSR count). The number of carbonyl (C=O) groups excluding carboxylic acids is 3. The van der Waals surface area contributed by atoms with Crippen molar-refractivity contribution >= 4 is 35.2 Å². The summed E-state index contributed by atoms with van der Waals surface area (Å²) in [5.74, 6) is -1.35. The second kappa shape index (κ2) is 14.4. The highest BCUT2D eigenvalue weighted by molar-refractivity contribution is 8.00. The van der Waals surface area contributed by atoms with Crippen LogP contribution >= 0.6 is 11.8 Å². The quantitative estimate of drug-likeness (QED) is 0.270. The van der Waals surface area contributed by atoms with Gasteiger partial charge in [-0.2, -0.15) is 5.26 Å². The molecule has 2 N–H and O–H groups in total. The van der Waals surface area contributed by atoms with Gasteiger partial charge in [-0.25, -0.2) is 4.39 Å². The molecule has 3 aromatic rings. The van der Waals surface area contributed by atoms with Crippen molar-refractivity contribution in [3.05, 3.63) is 82.9 Å². The van der Waals surface area contributed by atoms with Crippen molar-refractivity contribution in [2.75, 3.05) is 18.0 Å². The van der Waals surface area contributed by atoms with Crippen molar-refractivity contribution < 1.29 is 28.2 Å². The van der Waals surface area contributed by atoms with E-state index in [1.54, 1.807) is 62.9 Å². The molecule has 1 aromatic heterocycles. The van der Waals surface area contributed by atoms with Gasteiger partial charge in [-0.05, 0) is 82.5 Å². The van der Waals surface area contributed by atoms with Crippen LogP contribution in [0.15, 0.2) is 59.6 Å². The van der Waals surface area contributed by atoms with Gasteiger partial charge in [0.05, 0.1) is 29.6 Å². The van der Waals surface area contributed by atoms with E-state index in [0.29, 0.717) is 39.1 Å². The summed E-state index contributed by atoms with van der Waals surface area (Å²) in [6.07, 6.45) is 3.61. The minimum atomic E-state index is -0.966. The zero-order chi connectivity index (χ0) is 33.7. The molecule has 0 radical (unpaired) electrons. The first-order valence-corrected chi connectivity index (χ1v) is 16.4. The number of carbonyl (C=O) groups is 3. The lowest BCUT2D eigenvalue weighted by Crippen LogP contribution is -2.45. The van der Waals surface area contributed by atoms with Gasteiger partial charge >= 0.3 is 5.97 Å². The number of amides is 2. The first-order chi connectivity index (χ1) is 22.4. The van der Waals surface area contributed by atoms with E-state index in [9.17, 15) is 18.8 Å². The average molecular weight is 660 g/mol. The predicted molar refractivity (Wildman–Crippen MR) is 175 cm³/mol. The van der Waals surface area contributed by atoms with Crippen LogP contribution in [0.1, 0.15) is 73.6 Å². The van der Waals surface area contributed by atoms with Crippen LogP contribution < -0.4 is 15.4 Å². The van der Waals surface area contributed by atoms with Gasteiger partial charge in [0.15, 0.2) is 0 Å². The van der Waals surface area contributed by atoms with Crippen molar-refractivity contribution in [3.63, 3.8) is 0 Å². The number of aromatic nitrogens is 1. The molecule has 246 valence electrons. The molecule has 1 atom stereocenters. The number of esters is 1. The number of nitrogens with two attached hydrogens (primary N) is 1. The zero-order valence-corrected chi connectivity index (χ0v) is 27.5. The van der Waals surface area contributed by atoms with Crippen molar-refractivity contribution in [1.82, 2.24) is 9.88 Å². The topological polar surface area (TPSA) is 139 Å². The number of fused-ring (bicyclic) bond motifs is 1. The van der Waals surface area contributed by atoms with Crippen LogP contribution in [0, 0.1) is 17.1 Å². The fourth-order valence-electron chi connectivity index (χ4n) is 5.77.